The average Bonchev–Trinajstić information content (AvgIpc) is 2.80. The summed E-state index contributed by atoms with van der Waals surface area (Å²) in [4.78, 5) is 45.7. The summed E-state index contributed by atoms with van der Waals surface area (Å²) in [6, 6.07) is -0.637. The predicted octanol–water partition coefficient (Wildman–Crippen LogP) is 0.396. The van der Waals surface area contributed by atoms with Gasteiger partial charge in [-0.15, -0.1) is 11.8 Å². The number of carbonyl (C=O) groups is 4. The Bertz CT molecular complexity index is 540. The minimum atomic E-state index is -0.987. The van der Waals surface area contributed by atoms with Gasteiger partial charge in [-0.25, -0.2) is 0 Å². The number of thioether (sulfide) groups is 1. The molecule has 0 radical (unpaired) electrons. The molecular formula is C16H25NO8S. The van der Waals surface area contributed by atoms with Gasteiger partial charge < -0.3 is 24.3 Å². The van der Waals surface area contributed by atoms with Gasteiger partial charge in [-0.05, 0) is 5.75 Å². The van der Waals surface area contributed by atoms with Crippen LogP contribution in [0.2, 0.25) is 0 Å². The second-order valence-electron chi connectivity index (χ2n) is 5.68. The van der Waals surface area contributed by atoms with Crippen molar-refractivity contribution < 1.29 is 38.1 Å². The van der Waals surface area contributed by atoms with E-state index in [1.165, 1.54) is 39.5 Å². The summed E-state index contributed by atoms with van der Waals surface area (Å²) >= 11 is 1.41. The molecule has 1 N–H and O–H groups in total. The fourth-order valence-corrected chi connectivity index (χ4v) is 3.57. The molecule has 1 fully saturated rings. The summed E-state index contributed by atoms with van der Waals surface area (Å²) in [7, 11) is 0. The Kier molecular flexibility index (Phi) is 8.86. The number of rotatable bonds is 8. The van der Waals surface area contributed by atoms with Crippen LogP contribution in [0.15, 0.2) is 0 Å². The molecule has 0 aromatic carbocycles. The Hall–Kier alpha value is -1.81. The van der Waals surface area contributed by atoms with E-state index in [0.29, 0.717) is 5.75 Å². The topological polar surface area (TPSA) is 117 Å². The quantitative estimate of drug-likeness (QED) is 0.463. The molecule has 9 nitrogen and oxygen atoms in total. The van der Waals surface area contributed by atoms with Crippen molar-refractivity contribution in [1.29, 1.82) is 0 Å². The van der Waals surface area contributed by atoms with Crippen LogP contribution in [0.3, 0.4) is 0 Å². The maximum absolute atomic E-state index is 11.6. The number of esters is 3. The normalized spacial score (nSPS) is 25.9. The number of ether oxygens (including phenoxy) is 4. The summed E-state index contributed by atoms with van der Waals surface area (Å²) in [6.45, 7) is 6.66. The summed E-state index contributed by atoms with van der Waals surface area (Å²) in [6.07, 6.45) is -2.79. The number of hydrogen-bond acceptors (Lipinski definition) is 9. The molecule has 148 valence electrons. The van der Waals surface area contributed by atoms with Crippen molar-refractivity contribution in [2.45, 2.75) is 64.4 Å². The Morgan fingerprint density at radius 2 is 1.73 bits per heavy atom. The first-order valence-electron chi connectivity index (χ1n) is 8.17. The summed E-state index contributed by atoms with van der Waals surface area (Å²) in [5.74, 6) is -1.36. The van der Waals surface area contributed by atoms with Crippen LogP contribution < -0.4 is 5.32 Å². The van der Waals surface area contributed by atoms with Gasteiger partial charge in [-0.3, -0.25) is 19.2 Å². The third-order valence-electron chi connectivity index (χ3n) is 3.40. The first-order valence-corrected chi connectivity index (χ1v) is 9.22. The lowest BCUT2D eigenvalue weighted by atomic mass is 10.0. The van der Waals surface area contributed by atoms with E-state index in [4.69, 9.17) is 18.9 Å². The third kappa shape index (κ3) is 6.83. The smallest absolute Gasteiger partial charge is 0.303 e. The fraction of sp³-hybridized carbons (Fsp3) is 0.750. The number of carbonyl (C=O) groups excluding carboxylic acids is 4. The molecule has 0 bridgehead atoms. The summed E-state index contributed by atoms with van der Waals surface area (Å²) in [5, 5.41) is 2.72. The molecule has 1 amide bonds. The molecular weight excluding hydrogens is 366 g/mol. The molecule has 0 spiro atoms. The Balaban J connectivity index is 3.13. The Morgan fingerprint density at radius 3 is 2.19 bits per heavy atom. The highest BCUT2D eigenvalue weighted by atomic mass is 32.2. The van der Waals surface area contributed by atoms with E-state index in [1.807, 2.05) is 6.92 Å². The Labute approximate surface area is 156 Å². The molecule has 1 saturated heterocycles. The molecule has 1 heterocycles. The molecule has 26 heavy (non-hydrogen) atoms. The van der Waals surface area contributed by atoms with E-state index in [9.17, 15) is 19.2 Å². The van der Waals surface area contributed by atoms with Crippen LogP contribution in [0, 0.1) is 0 Å². The van der Waals surface area contributed by atoms with E-state index in [1.54, 1.807) is 0 Å². The van der Waals surface area contributed by atoms with Crippen LogP contribution in [0.1, 0.15) is 34.6 Å². The van der Waals surface area contributed by atoms with Crippen LogP contribution in [0.4, 0.5) is 0 Å². The van der Waals surface area contributed by atoms with Gasteiger partial charge in [-0.2, -0.15) is 0 Å². The van der Waals surface area contributed by atoms with Crippen LogP contribution in [0.25, 0.3) is 0 Å². The van der Waals surface area contributed by atoms with E-state index in [2.05, 4.69) is 5.32 Å². The molecule has 1 aliphatic rings. The second-order valence-corrected chi connectivity index (χ2v) is 7.05. The molecule has 0 saturated carbocycles. The lowest BCUT2D eigenvalue weighted by molar-refractivity contribution is -0.173. The maximum atomic E-state index is 11.6. The van der Waals surface area contributed by atoms with Gasteiger partial charge in [0.25, 0.3) is 0 Å². The first kappa shape index (κ1) is 22.2. The highest BCUT2D eigenvalue weighted by Crippen LogP contribution is 2.34. The van der Waals surface area contributed by atoms with Crippen molar-refractivity contribution in [2.75, 3.05) is 12.4 Å². The minimum absolute atomic E-state index is 0.256. The average molecular weight is 391 g/mol. The summed E-state index contributed by atoms with van der Waals surface area (Å²) in [5.41, 5.74) is -0.520. The molecule has 0 unspecified atom stereocenters. The van der Waals surface area contributed by atoms with Gasteiger partial charge in [-0.1, -0.05) is 6.92 Å². The molecule has 5 atom stereocenters. The molecule has 1 rings (SSSR count). The van der Waals surface area contributed by atoms with Gasteiger partial charge >= 0.3 is 17.9 Å². The summed E-state index contributed by atoms with van der Waals surface area (Å²) < 4.78 is 21.5. The molecule has 0 aliphatic carbocycles. The number of amides is 1. The van der Waals surface area contributed by atoms with E-state index in [-0.39, 0.29) is 12.5 Å². The van der Waals surface area contributed by atoms with Gasteiger partial charge in [0.05, 0.1) is 0 Å². The van der Waals surface area contributed by atoms with E-state index in [0.717, 1.165) is 0 Å². The van der Waals surface area contributed by atoms with Crippen molar-refractivity contribution in [3.05, 3.63) is 0 Å². The highest BCUT2D eigenvalue weighted by molar-refractivity contribution is 7.99. The van der Waals surface area contributed by atoms with Crippen LogP contribution in [0.5, 0.6) is 0 Å². The van der Waals surface area contributed by atoms with Gasteiger partial charge in [0.1, 0.15) is 24.2 Å². The minimum Gasteiger partial charge on any atom is -0.462 e. The van der Waals surface area contributed by atoms with Crippen LogP contribution in [-0.4, -0.2) is 66.0 Å². The van der Waals surface area contributed by atoms with E-state index >= 15 is 0 Å². The number of hydrogen-bond donors (Lipinski definition) is 1. The zero-order valence-corrected chi connectivity index (χ0v) is 16.3. The van der Waals surface area contributed by atoms with Crippen molar-refractivity contribution in [1.82, 2.24) is 5.32 Å². The molecule has 1 aliphatic heterocycles. The predicted molar refractivity (Wildman–Crippen MR) is 92.1 cm³/mol. The molecule has 0 aromatic rings. The lowest BCUT2D eigenvalue weighted by Crippen LogP contribution is -2.51. The van der Waals surface area contributed by atoms with Crippen LogP contribution in [-0.2, 0) is 38.1 Å². The van der Waals surface area contributed by atoms with E-state index < -0.39 is 47.7 Å². The van der Waals surface area contributed by atoms with Crippen LogP contribution >= 0.6 is 11.8 Å². The second kappa shape index (κ2) is 10.4. The zero-order chi connectivity index (χ0) is 19.9. The van der Waals surface area contributed by atoms with Crippen molar-refractivity contribution in [2.24, 2.45) is 0 Å². The molecule has 0 aromatic heterocycles. The monoisotopic (exact) mass is 391 g/mol. The number of nitrogens with one attached hydrogen (secondary N) is 1. The maximum Gasteiger partial charge on any atom is 0.303 e. The SMILES string of the molecule is CCS[C@H]1O[C@@H]([C@@H](COC(C)=O)OC(C)=O)[C@@H](OC(C)=O)[C@H]1NC(C)=O. The largest absolute Gasteiger partial charge is 0.462 e. The first-order chi connectivity index (χ1) is 12.1. The van der Waals surface area contributed by atoms with Crippen molar-refractivity contribution in [3.63, 3.8) is 0 Å². The van der Waals surface area contributed by atoms with Gasteiger partial charge in [0.2, 0.25) is 5.91 Å². The lowest BCUT2D eigenvalue weighted by Gasteiger charge is -2.28. The standard InChI is InChI=1S/C16H25NO8S/c1-6-26-16-13(17-8(2)18)15(24-11(5)21)14(25-16)12(23-10(4)20)7-22-9(3)19/h12-16H,6-7H2,1-5H3,(H,17,18)/t12-,13-,14+,15+,16-/m1/s1. The van der Waals surface area contributed by atoms with Crippen molar-refractivity contribution >= 4 is 35.6 Å². The van der Waals surface area contributed by atoms with Gasteiger partial charge in [0.15, 0.2) is 12.2 Å². The van der Waals surface area contributed by atoms with Crippen molar-refractivity contribution in [3.8, 4) is 0 Å². The zero-order valence-electron chi connectivity index (χ0n) is 15.5. The third-order valence-corrected chi connectivity index (χ3v) is 4.47. The van der Waals surface area contributed by atoms with Gasteiger partial charge in [0, 0.05) is 27.7 Å². The molecule has 10 heteroatoms. The Morgan fingerprint density at radius 1 is 1.08 bits per heavy atom. The fourth-order valence-electron chi connectivity index (χ4n) is 2.61. The highest BCUT2D eigenvalue weighted by Gasteiger charge is 2.51.